The Morgan fingerprint density at radius 1 is 1.35 bits per heavy atom. The number of aliphatic hydroxyl groups is 1. The number of hydrogen-bond acceptors (Lipinski definition) is 5. The Morgan fingerprint density at radius 2 is 2.05 bits per heavy atom. The Hall–Kier alpha value is -1.37. The molecular formula is C14H22O5Si. The van der Waals surface area contributed by atoms with Crippen molar-refractivity contribution in [1.29, 1.82) is 0 Å². The predicted molar refractivity (Wildman–Crippen MR) is 78.6 cm³/mol. The number of ether oxygens (including phenoxy) is 3. The lowest BCUT2D eigenvalue weighted by atomic mass is 10.2. The molecule has 0 spiro atoms. The largest absolute Gasteiger partial charge is 0.468 e. The third-order valence-corrected chi connectivity index (χ3v) is 5.01. The van der Waals surface area contributed by atoms with Gasteiger partial charge in [-0.05, 0) is 18.2 Å². The van der Waals surface area contributed by atoms with Crippen molar-refractivity contribution in [2.75, 3.05) is 20.5 Å². The Labute approximate surface area is 120 Å². The van der Waals surface area contributed by atoms with Crippen molar-refractivity contribution >= 4 is 14.0 Å². The number of aliphatic hydroxyl groups excluding tert-OH is 1. The fraction of sp³-hybridized carbons (Fsp3) is 0.500. The van der Waals surface area contributed by atoms with Gasteiger partial charge in [-0.1, -0.05) is 25.7 Å². The lowest BCUT2D eigenvalue weighted by Crippen LogP contribution is -2.41. The van der Waals surface area contributed by atoms with Gasteiger partial charge in [0.25, 0.3) is 0 Å². The highest BCUT2D eigenvalue weighted by atomic mass is 28.3. The molecule has 0 fully saturated rings. The summed E-state index contributed by atoms with van der Waals surface area (Å²) >= 11 is 0. The van der Waals surface area contributed by atoms with Gasteiger partial charge in [0.1, 0.15) is 5.75 Å². The maximum absolute atomic E-state index is 11.4. The van der Waals surface area contributed by atoms with Gasteiger partial charge in [0.15, 0.2) is 6.79 Å². The molecule has 1 aromatic carbocycles. The first kappa shape index (κ1) is 16.7. The Balaban J connectivity index is 2.41. The van der Waals surface area contributed by atoms with Crippen LogP contribution in [0.3, 0.4) is 0 Å². The van der Waals surface area contributed by atoms with E-state index in [0.29, 0.717) is 11.3 Å². The molecule has 1 aromatic rings. The van der Waals surface area contributed by atoms with E-state index in [4.69, 9.17) is 9.47 Å². The lowest BCUT2D eigenvalue weighted by Gasteiger charge is -2.23. The van der Waals surface area contributed by atoms with E-state index in [-0.39, 0.29) is 13.4 Å². The van der Waals surface area contributed by atoms with Crippen LogP contribution in [0, 0.1) is 0 Å². The van der Waals surface area contributed by atoms with Crippen molar-refractivity contribution in [2.24, 2.45) is 0 Å². The summed E-state index contributed by atoms with van der Waals surface area (Å²) in [5.74, 6) is 0.112. The van der Waals surface area contributed by atoms with Gasteiger partial charge in [0.05, 0.1) is 33.1 Å². The highest BCUT2D eigenvalue weighted by Crippen LogP contribution is 2.14. The van der Waals surface area contributed by atoms with E-state index in [1.54, 1.807) is 24.3 Å². The van der Waals surface area contributed by atoms with Crippen LogP contribution in [0.4, 0.5) is 0 Å². The summed E-state index contributed by atoms with van der Waals surface area (Å²) in [5.41, 5.74) is -0.000336. The molecule has 0 aliphatic heterocycles. The van der Waals surface area contributed by atoms with Crippen molar-refractivity contribution in [3.8, 4) is 5.75 Å². The summed E-state index contributed by atoms with van der Waals surface area (Å²) in [6.07, 6.45) is 0. The van der Waals surface area contributed by atoms with Crippen LogP contribution in [0.5, 0.6) is 5.75 Å². The van der Waals surface area contributed by atoms with Crippen molar-refractivity contribution in [2.45, 2.75) is 25.4 Å². The van der Waals surface area contributed by atoms with Crippen LogP contribution < -0.4 is 4.74 Å². The van der Waals surface area contributed by atoms with E-state index in [2.05, 4.69) is 24.4 Å². The molecule has 6 heteroatoms. The van der Waals surface area contributed by atoms with Crippen molar-refractivity contribution in [3.05, 3.63) is 29.8 Å². The minimum Gasteiger partial charge on any atom is -0.468 e. The molecule has 20 heavy (non-hydrogen) atoms. The fourth-order valence-corrected chi connectivity index (χ4v) is 1.97. The molecule has 0 aromatic heterocycles. The van der Waals surface area contributed by atoms with Gasteiger partial charge < -0.3 is 19.3 Å². The van der Waals surface area contributed by atoms with Gasteiger partial charge in [0.2, 0.25) is 0 Å². The van der Waals surface area contributed by atoms with Gasteiger partial charge in [0, 0.05) is 0 Å². The van der Waals surface area contributed by atoms with Gasteiger partial charge >= 0.3 is 5.97 Å². The van der Waals surface area contributed by atoms with E-state index in [1.807, 2.05) is 0 Å². The molecule has 0 amide bonds. The number of carbonyl (C=O) groups is 1. The zero-order valence-electron chi connectivity index (χ0n) is 12.4. The molecular weight excluding hydrogens is 276 g/mol. The van der Waals surface area contributed by atoms with Crippen molar-refractivity contribution in [1.82, 2.24) is 0 Å². The first-order chi connectivity index (χ1) is 9.34. The molecule has 1 rings (SSSR count). The number of benzene rings is 1. The van der Waals surface area contributed by atoms with Gasteiger partial charge in [-0.2, -0.15) is 0 Å². The molecule has 0 bridgehead atoms. The zero-order chi connectivity index (χ0) is 15.2. The third kappa shape index (κ3) is 5.32. The van der Waals surface area contributed by atoms with E-state index < -0.39 is 19.8 Å². The predicted octanol–water partition coefficient (Wildman–Crippen LogP) is 2.06. The van der Waals surface area contributed by atoms with E-state index in [1.165, 1.54) is 7.11 Å². The minimum absolute atomic E-state index is 0.0339. The molecule has 0 saturated carbocycles. The van der Waals surface area contributed by atoms with Crippen molar-refractivity contribution < 1.29 is 24.1 Å². The van der Waals surface area contributed by atoms with E-state index in [0.717, 1.165) is 0 Å². The van der Waals surface area contributed by atoms with E-state index >= 15 is 0 Å². The van der Waals surface area contributed by atoms with Crippen LogP contribution in [-0.4, -0.2) is 45.4 Å². The SMILES string of the molecule is COC(=O)c1cccc(OCOCC(O)[Si](C)(C)C)c1. The summed E-state index contributed by atoms with van der Waals surface area (Å²) in [4.78, 5) is 11.4. The maximum Gasteiger partial charge on any atom is 0.337 e. The maximum atomic E-state index is 11.4. The topological polar surface area (TPSA) is 65.0 Å². The summed E-state index contributed by atoms with van der Waals surface area (Å²) in [6.45, 7) is 6.50. The molecule has 0 radical (unpaired) electrons. The van der Waals surface area contributed by atoms with Crippen LogP contribution >= 0.6 is 0 Å². The Bertz CT molecular complexity index is 441. The molecule has 5 nitrogen and oxygen atoms in total. The number of methoxy groups -OCH3 is 1. The van der Waals surface area contributed by atoms with Gasteiger partial charge in [-0.25, -0.2) is 4.79 Å². The molecule has 1 N–H and O–H groups in total. The van der Waals surface area contributed by atoms with Crippen LogP contribution in [0.1, 0.15) is 10.4 Å². The summed E-state index contributed by atoms with van der Waals surface area (Å²) in [6, 6.07) is 6.67. The first-order valence-corrected chi connectivity index (χ1v) is 9.99. The average Bonchev–Trinajstić information content (AvgIpc) is 2.41. The minimum atomic E-state index is -1.60. The quantitative estimate of drug-likeness (QED) is 0.361. The Kier molecular flexibility index (Phi) is 6.19. The number of carbonyl (C=O) groups excluding carboxylic acids is 1. The van der Waals surface area contributed by atoms with Crippen molar-refractivity contribution in [3.63, 3.8) is 0 Å². The fourth-order valence-electron chi connectivity index (χ4n) is 1.35. The number of esters is 1. The lowest BCUT2D eigenvalue weighted by molar-refractivity contribution is -0.0124. The van der Waals surface area contributed by atoms with Crippen LogP contribution in [0.2, 0.25) is 19.6 Å². The monoisotopic (exact) mass is 298 g/mol. The van der Waals surface area contributed by atoms with Gasteiger partial charge in [-0.15, -0.1) is 0 Å². The summed E-state index contributed by atoms with van der Waals surface area (Å²) < 4.78 is 15.3. The van der Waals surface area contributed by atoms with Crippen LogP contribution in [0.15, 0.2) is 24.3 Å². The molecule has 0 aliphatic rings. The summed E-state index contributed by atoms with van der Waals surface area (Å²) in [5, 5.41) is 9.85. The molecule has 1 unspecified atom stereocenters. The molecule has 0 heterocycles. The smallest absolute Gasteiger partial charge is 0.337 e. The zero-order valence-corrected chi connectivity index (χ0v) is 13.4. The Morgan fingerprint density at radius 3 is 2.65 bits per heavy atom. The molecule has 0 saturated heterocycles. The molecule has 112 valence electrons. The second-order valence-corrected chi connectivity index (χ2v) is 10.9. The first-order valence-electron chi connectivity index (χ1n) is 6.41. The second kappa shape index (κ2) is 7.42. The van der Waals surface area contributed by atoms with Crippen LogP contribution in [0.25, 0.3) is 0 Å². The molecule has 0 aliphatic carbocycles. The standard InChI is InChI=1S/C14H22O5Si/c1-17-14(16)11-6-5-7-12(8-11)19-10-18-9-13(15)20(2,3)4/h5-8,13,15H,9-10H2,1-4H3. The van der Waals surface area contributed by atoms with E-state index in [9.17, 15) is 9.90 Å². The third-order valence-electron chi connectivity index (χ3n) is 2.84. The number of rotatable bonds is 7. The van der Waals surface area contributed by atoms with Gasteiger partial charge in [-0.3, -0.25) is 0 Å². The second-order valence-electron chi connectivity index (χ2n) is 5.53. The highest BCUT2D eigenvalue weighted by molar-refractivity contribution is 6.77. The normalized spacial score (nSPS) is 12.8. The summed E-state index contributed by atoms with van der Waals surface area (Å²) in [7, 11) is -0.275. The average molecular weight is 298 g/mol. The number of hydrogen-bond donors (Lipinski definition) is 1. The van der Waals surface area contributed by atoms with Crippen LogP contribution in [-0.2, 0) is 9.47 Å². The molecule has 1 atom stereocenters. The highest BCUT2D eigenvalue weighted by Gasteiger charge is 2.24.